The van der Waals surface area contributed by atoms with Crippen molar-refractivity contribution < 1.29 is 52.8 Å². The Morgan fingerprint density at radius 1 is 0.465 bits per heavy atom. The molecule has 0 radical (unpaired) electrons. The first-order valence-electron chi connectivity index (χ1n) is 33.4. The molecule has 8 heterocycles. The summed E-state index contributed by atoms with van der Waals surface area (Å²) in [5, 5.41) is 29.2. The van der Waals surface area contributed by atoms with Gasteiger partial charge in [-0.3, -0.25) is 0 Å². The van der Waals surface area contributed by atoms with Crippen molar-refractivity contribution >= 4 is 69.8 Å². The number of halogens is 3. The van der Waals surface area contributed by atoms with Crippen LogP contribution in [0.25, 0.3) is 17.1 Å². The first-order valence-corrected chi connectivity index (χ1v) is 34.5. The van der Waals surface area contributed by atoms with Crippen LogP contribution in [0.4, 0.5) is 35.0 Å². The fourth-order valence-corrected chi connectivity index (χ4v) is 13.3. The van der Waals surface area contributed by atoms with Crippen molar-refractivity contribution in [3.05, 3.63) is 123 Å². The molecular weight excluding hydrogens is 1360 g/mol. The summed E-state index contributed by atoms with van der Waals surface area (Å²) in [5.41, 5.74) is 14.6. The lowest BCUT2D eigenvalue weighted by molar-refractivity contribution is 0.255. The highest BCUT2D eigenvalue weighted by atomic mass is 35.5. The lowest BCUT2D eigenvalue weighted by Crippen LogP contribution is -2.34. The number of benzene rings is 3. The molecule has 101 heavy (non-hydrogen) atoms. The number of methoxy groups -OCH3 is 9. The van der Waals surface area contributed by atoms with Gasteiger partial charge in [0.2, 0.25) is 33.8 Å². The van der Waals surface area contributed by atoms with Gasteiger partial charge >= 0.3 is 0 Å². The van der Waals surface area contributed by atoms with Gasteiger partial charge in [0.05, 0.1) is 136 Å². The number of nitrogen functional groups attached to an aromatic ring is 1. The number of imidazole rings is 3. The molecule has 2 fully saturated rings. The molecule has 28 nitrogen and oxygen atoms in total. The van der Waals surface area contributed by atoms with Crippen LogP contribution in [0.5, 0.6) is 51.7 Å². The molecule has 7 N–H and O–H groups in total. The van der Waals surface area contributed by atoms with Crippen molar-refractivity contribution in [2.75, 3.05) is 112 Å². The van der Waals surface area contributed by atoms with E-state index < -0.39 is 0 Å². The van der Waals surface area contributed by atoms with E-state index in [1.807, 2.05) is 57.9 Å². The number of hydrogen-bond acceptors (Lipinski definition) is 25. The fraction of sp³-hybridized carbons (Fsp3) is 0.443. The van der Waals surface area contributed by atoms with Crippen LogP contribution in [-0.2, 0) is 38.5 Å². The van der Waals surface area contributed by atoms with Gasteiger partial charge in [-0.1, -0.05) is 11.6 Å². The van der Waals surface area contributed by atoms with Crippen molar-refractivity contribution in [2.24, 2.45) is 0 Å². The average molecular weight is 1450 g/mol. The second-order valence-electron chi connectivity index (χ2n) is 24.0. The van der Waals surface area contributed by atoms with E-state index in [2.05, 4.69) is 55.7 Å². The number of rotatable bonds is 19. The number of nitrogens with two attached hydrogens (primary N) is 1. The summed E-state index contributed by atoms with van der Waals surface area (Å²) in [4.78, 5) is 41.7. The van der Waals surface area contributed by atoms with Crippen molar-refractivity contribution in [3.63, 3.8) is 0 Å². The number of hydrogen-bond donors (Lipinski definition) is 6. The summed E-state index contributed by atoms with van der Waals surface area (Å²) >= 11 is 17.7. The molecule has 0 amide bonds. The molecule has 31 heteroatoms. The number of aliphatic hydroxyl groups is 2. The SMILES string of the molecule is COc1cc(-n2cnc(N)c2)cc(OC)c1OC.COc1cc(-n2cnc(Nc3nc(Cl)nc4c3CCCC4)c2)cc(OC)c1OC.COc1cc(-n2cnc(Nc3nc(N4CCC[C@@H]4CO)nc4c3CCCC4)c2)cc(OC)c1OC.Clc1nc(Cl)c2c(n1)CCCC2.OC[C@H]1CCCN1. The molecular formula is C70H88Cl3N17O11. The van der Waals surface area contributed by atoms with Crippen LogP contribution in [0, 0.1) is 0 Å². The molecule has 540 valence electrons. The Bertz CT molecular complexity index is 4150. The number of aryl methyl sites for hydroxylation is 3. The standard InChI is InChI=1S/C25H32N6O4.C20H22ClN5O3.C12H15N3O3.C8H8Cl2N2.C5H11NO/c1-33-20-11-17(12-21(34-2)23(20)35-3)30-13-22(26-15-30)28-24-18-8-4-5-9-19(18)27-25(29-24)31-10-6-7-16(31)14-32;1-27-15-8-12(9-16(28-2)18(15)29-3)26-10-17(22-11-26)24-19-13-6-4-5-7-14(13)23-20(21)25-19;1-16-9-4-8(15-6-11(13)14-7-15)5-10(17-2)12(9)18-3;9-7-5-3-1-2-4-6(5)11-8(10)12-7;7-4-5-2-1-3-6-5/h11-13,15-16,32H,4-10,14H2,1-3H3,(H,27,28,29);8-11H,4-7H2,1-3H3,(H,23,24,25);4-7H,13H2,1-3H3;1-4H2;5-7H,1-4H2/t16-;;;;5-/m1...1/s1. The van der Waals surface area contributed by atoms with E-state index in [1.165, 1.54) is 19.3 Å². The van der Waals surface area contributed by atoms with Gasteiger partial charge in [-0.05, 0) is 132 Å². The van der Waals surface area contributed by atoms with E-state index in [9.17, 15) is 5.11 Å². The zero-order valence-electron chi connectivity index (χ0n) is 58.3. The third kappa shape index (κ3) is 18.2. The normalized spacial score (nSPS) is 15.6. The molecule has 0 bridgehead atoms. The minimum Gasteiger partial charge on any atom is -0.493 e. The molecule has 3 aliphatic carbocycles. The summed E-state index contributed by atoms with van der Waals surface area (Å²) in [6, 6.07) is 11.6. The predicted octanol–water partition coefficient (Wildman–Crippen LogP) is 11.1. The smallest absolute Gasteiger partial charge is 0.227 e. The van der Waals surface area contributed by atoms with Crippen LogP contribution >= 0.6 is 34.8 Å². The average Bonchev–Trinajstić information content (AvgIpc) is 1.69. The molecule has 0 unspecified atom stereocenters. The van der Waals surface area contributed by atoms with Gasteiger partial charge < -0.3 is 93.1 Å². The van der Waals surface area contributed by atoms with E-state index in [0.29, 0.717) is 92.9 Å². The maximum atomic E-state index is 9.81. The molecule has 6 aromatic heterocycles. The summed E-state index contributed by atoms with van der Waals surface area (Å²) in [6.07, 6.45) is 27.5. The molecule has 0 saturated carbocycles. The highest BCUT2D eigenvalue weighted by molar-refractivity contribution is 6.32. The Kier molecular flexibility index (Phi) is 26.4. The minimum absolute atomic E-state index is 0.0729. The van der Waals surface area contributed by atoms with Gasteiger partial charge in [-0.15, -0.1) is 0 Å². The van der Waals surface area contributed by atoms with Crippen LogP contribution < -0.4 is 69.2 Å². The largest absolute Gasteiger partial charge is 0.493 e. The van der Waals surface area contributed by atoms with Crippen LogP contribution in [0.15, 0.2) is 74.0 Å². The molecule has 3 aromatic carbocycles. The fourth-order valence-electron chi connectivity index (χ4n) is 12.6. The summed E-state index contributed by atoms with van der Waals surface area (Å²) in [7, 11) is 14.2. The zero-order chi connectivity index (χ0) is 71.5. The minimum atomic E-state index is 0.0729. The van der Waals surface area contributed by atoms with Gasteiger partial charge in [0.25, 0.3) is 0 Å². The molecule has 5 aliphatic rings. The Morgan fingerprint density at radius 2 is 0.881 bits per heavy atom. The highest BCUT2D eigenvalue weighted by Crippen LogP contribution is 2.43. The predicted molar refractivity (Wildman–Crippen MR) is 387 cm³/mol. The molecule has 2 aliphatic heterocycles. The van der Waals surface area contributed by atoms with E-state index in [0.717, 1.165) is 159 Å². The Labute approximate surface area is 602 Å². The van der Waals surface area contributed by atoms with Crippen LogP contribution in [0.3, 0.4) is 0 Å². The molecule has 0 spiro atoms. The van der Waals surface area contributed by atoms with E-state index >= 15 is 0 Å². The lowest BCUT2D eigenvalue weighted by Gasteiger charge is -2.26. The van der Waals surface area contributed by atoms with Crippen molar-refractivity contribution in [3.8, 4) is 68.8 Å². The summed E-state index contributed by atoms with van der Waals surface area (Å²) in [5.74, 6) is 9.07. The van der Waals surface area contributed by atoms with E-state index in [4.69, 9.17) is 98.2 Å². The molecule has 2 saturated heterocycles. The number of aromatic nitrogens is 12. The Balaban J connectivity index is 0.000000148. The van der Waals surface area contributed by atoms with Crippen molar-refractivity contribution in [1.82, 2.24) is 63.9 Å². The topological polar surface area (TPSA) is 320 Å². The van der Waals surface area contributed by atoms with Gasteiger partial charge in [-0.25, -0.2) is 39.9 Å². The quantitative estimate of drug-likeness (QED) is 0.0324. The monoisotopic (exact) mass is 1450 g/mol. The number of nitrogens with one attached hydrogen (secondary N) is 3. The third-order valence-corrected chi connectivity index (χ3v) is 18.4. The summed E-state index contributed by atoms with van der Waals surface area (Å²) < 4.78 is 54.0. The maximum absolute atomic E-state index is 9.81. The highest BCUT2D eigenvalue weighted by Gasteiger charge is 2.30. The first kappa shape index (κ1) is 74.4. The number of ether oxygens (including phenoxy) is 9. The Hall–Kier alpha value is -9.32. The third-order valence-electron chi connectivity index (χ3n) is 17.8. The van der Waals surface area contributed by atoms with E-state index in [1.54, 1.807) is 93.7 Å². The number of nitrogens with zero attached hydrogens (tertiary/aromatic N) is 13. The van der Waals surface area contributed by atoms with Gasteiger partial charge in [0.15, 0.2) is 34.5 Å². The lowest BCUT2D eigenvalue weighted by atomic mass is 9.96. The molecule has 2 atom stereocenters. The van der Waals surface area contributed by atoms with Crippen LogP contribution in [0.1, 0.15) is 98.0 Å². The molecule has 14 rings (SSSR count). The number of anilines is 6. The zero-order valence-corrected chi connectivity index (χ0v) is 60.6. The van der Waals surface area contributed by atoms with Crippen molar-refractivity contribution in [1.29, 1.82) is 0 Å². The second kappa shape index (κ2) is 35.8. The van der Waals surface area contributed by atoms with Gasteiger partial charge in [0, 0.05) is 65.7 Å². The van der Waals surface area contributed by atoms with Crippen molar-refractivity contribution in [2.45, 2.75) is 115 Å². The number of aliphatic hydroxyl groups excluding tert-OH is 2. The van der Waals surface area contributed by atoms with E-state index in [-0.39, 0.29) is 23.2 Å². The van der Waals surface area contributed by atoms with Crippen LogP contribution in [0.2, 0.25) is 15.7 Å². The van der Waals surface area contributed by atoms with Gasteiger partial charge in [0.1, 0.15) is 53.2 Å². The Morgan fingerprint density at radius 3 is 1.29 bits per heavy atom. The first-order chi connectivity index (χ1) is 49.2. The second-order valence-corrected chi connectivity index (χ2v) is 25.0. The van der Waals surface area contributed by atoms with Gasteiger partial charge in [-0.2, -0.15) is 4.98 Å². The number of fused-ring (bicyclic) bond motifs is 3. The van der Waals surface area contributed by atoms with Crippen LogP contribution in [-0.4, -0.2) is 171 Å². The maximum Gasteiger partial charge on any atom is 0.227 e. The molecule has 9 aromatic rings. The summed E-state index contributed by atoms with van der Waals surface area (Å²) in [6.45, 7) is 2.37.